The van der Waals surface area contributed by atoms with E-state index in [1.165, 1.54) is 0 Å². The number of alkyl halides is 3. The zero-order chi connectivity index (χ0) is 13.9. The molecule has 0 saturated carbocycles. The van der Waals surface area contributed by atoms with Gasteiger partial charge in [0.2, 0.25) is 0 Å². The van der Waals surface area contributed by atoms with Crippen molar-refractivity contribution in [1.82, 2.24) is 4.90 Å². The first kappa shape index (κ1) is 14.5. The lowest BCUT2D eigenvalue weighted by molar-refractivity contribution is -0.185. The normalized spacial score (nSPS) is 21.4. The molecule has 1 aliphatic heterocycles. The summed E-state index contributed by atoms with van der Waals surface area (Å²) < 4.78 is 41.0. The number of likely N-dealkylation sites (tertiary alicyclic amines) is 1. The standard InChI is InChI=1S/C10H12F3NO4/c1-18-8(16)6-2-4-14(5-3-7(6)15)9(17)10(11,12)13/h6H,2-5H2,1H3. The van der Waals surface area contributed by atoms with Crippen molar-refractivity contribution in [2.24, 2.45) is 5.92 Å². The summed E-state index contributed by atoms with van der Waals surface area (Å²) >= 11 is 0. The summed E-state index contributed by atoms with van der Waals surface area (Å²) in [6, 6.07) is 0. The third-order valence-electron chi connectivity index (χ3n) is 2.72. The quantitative estimate of drug-likeness (QED) is 0.513. The number of ether oxygens (including phenoxy) is 1. The monoisotopic (exact) mass is 267 g/mol. The molecule has 0 radical (unpaired) electrons. The maximum absolute atomic E-state index is 12.2. The zero-order valence-corrected chi connectivity index (χ0v) is 9.62. The summed E-state index contributed by atoms with van der Waals surface area (Å²) in [4.78, 5) is 34.3. The molecule has 102 valence electrons. The van der Waals surface area contributed by atoms with Gasteiger partial charge in [-0.2, -0.15) is 13.2 Å². The first-order valence-corrected chi connectivity index (χ1v) is 5.24. The van der Waals surface area contributed by atoms with Gasteiger partial charge < -0.3 is 9.64 Å². The third-order valence-corrected chi connectivity index (χ3v) is 2.72. The molecule has 0 aliphatic carbocycles. The van der Waals surface area contributed by atoms with Crippen molar-refractivity contribution in [3.05, 3.63) is 0 Å². The fourth-order valence-electron chi connectivity index (χ4n) is 1.75. The number of carbonyl (C=O) groups excluding carboxylic acids is 3. The molecule has 1 aliphatic rings. The summed E-state index contributed by atoms with van der Waals surface area (Å²) in [6.07, 6.45) is -5.39. The Morgan fingerprint density at radius 1 is 1.33 bits per heavy atom. The average molecular weight is 267 g/mol. The van der Waals surface area contributed by atoms with Crippen LogP contribution in [0.25, 0.3) is 0 Å². The van der Waals surface area contributed by atoms with Gasteiger partial charge in [0.25, 0.3) is 0 Å². The van der Waals surface area contributed by atoms with Gasteiger partial charge in [-0.25, -0.2) is 0 Å². The number of amides is 1. The molecule has 0 aromatic rings. The number of methoxy groups -OCH3 is 1. The Morgan fingerprint density at radius 2 is 1.94 bits per heavy atom. The van der Waals surface area contributed by atoms with Crippen LogP contribution in [-0.2, 0) is 19.1 Å². The minimum Gasteiger partial charge on any atom is -0.468 e. The number of hydrogen-bond acceptors (Lipinski definition) is 4. The molecule has 0 bridgehead atoms. The van der Waals surface area contributed by atoms with Crippen molar-refractivity contribution in [3.8, 4) is 0 Å². The number of esters is 1. The van der Waals surface area contributed by atoms with E-state index in [0.717, 1.165) is 7.11 Å². The highest BCUT2D eigenvalue weighted by atomic mass is 19.4. The highest BCUT2D eigenvalue weighted by Gasteiger charge is 2.44. The van der Waals surface area contributed by atoms with Crippen LogP contribution >= 0.6 is 0 Å². The van der Waals surface area contributed by atoms with Crippen LogP contribution < -0.4 is 0 Å². The van der Waals surface area contributed by atoms with E-state index in [2.05, 4.69) is 4.74 Å². The number of ketones is 1. The summed E-state index contributed by atoms with van der Waals surface area (Å²) in [6.45, 7) is -0.617. The minimum absolute atomic E-state index is 0.146. The molecule has 1 rings (SSSR count). The van der Waals surface area contributed by atoms with Gasteiger partial charge in [-0.15, -0.1) is 0 Å². The van der Waals surface area contributed by atoms with Crippen LogP contribution in [0.1, 0.15) is 12.8 Å². The number of nitrogens with zero attached hydrogens (tertiary/aromatic N) is 1. The van der Waals surface area contributed by atoms with Crippen LogP contribution in [-0.4, -0.2) is 48.9 Å². The molecule has 1 heterocycles. The molecule has 0 aromatic heterocycles. The molecule has 1 fully saturated rings. The van der Waals surface area contributed by atoms with Crippen LogP contribution in [0, 0.1) is 5.92 Å². The minimum atomic E-state index is -4.96. The second kappa shape index (κ2) is 5.36. The molecular weight excluding hydrogens is 255 g/mol. The van der Waals surface area contributed by atoms with Crippen molar-refractivity contribution in [2.45, 2.75) is 19.0 Å². The highest BCUT2D eigenvalue weighted by molar-refractivity contribution is 5.99. The molecule has 0 aromatic carbocycles. The predicted molar refractivity (Wildman–Crippen MR) is 52.4 cm³/mol. The van der Waals surface area contributed by atoms with E-state index in [9.17, 15) is 27.6 Å². The van der Waals surface area contributed by atoms with Gasteiger partial charge in [0.05, 0.1) is 7.11 Å². The molecule has 1 atom stereocenters. The first-order chi connectivity index (χ1) is 8.27. The van der Waals surface area contributed by atoms with Crippen LogP contribution in [0.5, 0.6) is 0 Å². The first-order valence-electron chi connectivity index (χ1n) is 5.24. The van der Waals surface area contributed by atoms with Gasteiger partial charge in [-0.3, -0.25) is 14.4 Å². The van der Waals surface area contributed by atoms with Gasteiger partial charge >= 0.3 is 18.1 Å². The van der Waals surface area contributed by atoms with E-state index < -0.39 is 29.8 Å². The number of hydrogen-bond donors (Lipinski definition) is 0. The molecule has 18 heavy (non-hydrogen) atoms. The van der Waals surface area contributed by atoms with Crippen LogP contribution in [0.15, 0.2) is 0 Å². The van der Waals surface area contributed by atoms with Gasteiger partial charge in [-0.1, -0.05) is 0 Å². The topological polar surface area (TPSA) is 63.7 Å². The van der Waals surface area contributed by atoms with E-state index in [0.29, 0.717) is 4.90 Å². The largest absolute Gasteiger partial charge is 0.471 e. The molecule has 8 heteroatoms. The Kier molecular flexibility index (Phi) is 4.31. The molecule has 1 saturated heterocycles. The summed E-state index contributed by atoms with van der Waals surface area (Å²) in [5, 5.41) is 0. The van der Waals surface area contributed by atoms with Crippen molar-refractivity contribution in [3.63, 3.8) is 0 Å². The fourth-order valence-corrected chi connectivity index (χ4v) is 1.75. The second-order valence-corrected chi connectivity index (χ2v) is 3.87. The summed E-state index contributed by atoms with van der Waals surface area (Å²) in [5.41, 5.74) is 0. The van der Waals surface area contributed by atoms with Crippen molar-refractivity contribution in [1.29, 1.82) is 0 Å². The van der Waals surface area contributed by atoms with Crippen LogP contribution in [0.4, 0.5) is 13.2 Å². The van der Waals surface area contributed by atoms with Gasteiger partial charge in [0.15, 0.2) is 0 Å². The van der Waals surface area contributed by atoms with E-state index in [1.807, 2.05) is 0 Å². The van der Waals surface area contributed by atoms with Crippen LogP contribution in [0.2, 0.25) is 0 Å². The summed E-state index contributed by atoms with van der Waals surface area (Å²) in [7, 11) is 1.10. The van der Waals surface area contributed by atoms with Crippen molar-refractivity contribution in [2.75, 3.05) is 20.2 Å². The maximum Gasteiger partial charge on any atom is 0.471 e. The van der Waals surface area contributed by atoms with Crippen LogP contribution in [0.3, 0.4) is 0 Å². The van der Waals surface area contributed by atoms with E-state index in [-0.39, 0.29) is 25.9 Å². The van der Waals surface area contributed by atoms with Crippen molar-refractivity contribution < 1.29 is 32.3 Å². The zero-order valence-electron chi connectivity index (χ0n) is 9.62. The van der Waals surface area contributed by atoms with Gasteiger partial charge in [0.1, 0.15) is 11.7 Å². The molecule has 5 nitrogen and oxygen atoms in total. The fraction of sp³-hybridized carbons (Fsp3) is 0.700. The Balaban J connectivity index is 2.74. The predicted octanol–water partition coefficient (Wildman–Crippen LogP) is 0.529. The molecular formula is C10H12F3NO4. The number of Topliss-reactive ketones (excluding diaryl/α,β-unsaturated/α-hetero) is 1. The van der Waals surface area contributed by atoms with E-state index in [1.54, 1.807) is 0 Å². The van der Waals surface area contributed by atoms with Crippen molar-refractivity contribution >= 4 is 17.7 Å². The molecule has 0 N–H and O–H groups in total. The average Bonchev–Trinajstić information content (AvgIpc) is 2.48. The van der Waals surface area contributed by atoms with Gasteiger partial charge in [-0.05, 0) is 6.42 Å². The van der Waals surface area contributed by atoms with E-state index in [4.69, 9.17) is 0 Å². The molecule has 1 amide bonds. The summed E-state index contributed by atoms with van der Waals surface area (Å²) in [5.74, 6) is -4.34. The lowest BCUT2D eigenvalue weighted by Crippen LogP contribution is -2.41. The Bertz CT molecular complexity index is 367. The number of rotatable bonds is 1. The third kappa shape index (κ3) is 3.21. The Labute approximate surface area is 101 Å². The highest BCUT2D eigenvalue weighted by Crippen LogP contribution is 2.22. The Hall–Kier alpha value is -1.60. The SMILES string of the molecule is COC(=O)C1CCN(C(=O)C(F)(F)F)CCC1=O. The Morgan fingerprint density at radius 3 is 2.44 bits per heavy atom. The molecule has 1 unspecified atom stereocenters. The number of halogens is 3. The van der Waals surface area contributed by atoms with E-state index >= 15 is 0 Å². The smallest absolute Gasteiger partial charge is 0.468 e. The molecule has 0 spiro atoms. The lowest BCUT2D eigenvalue weighted by atomic mass is 10.00. The maximum atomic E-state index is 12.2. The van der Waals surface area contributed by atoms with Gasteiger partial charge in [0, 0.05) is 19.5 Å². The second-order valence-electron chi connectivity index (χ2n) is 3.87. The number of carbonyl (C=O) groups is 3. The lowest BCUT2D eigenvalue weighted by Gasteiger charge is -2.21.